The Kier molecular flexibility index (Phi) is 2.18. The van der Waals surface area contributed by atoms with Crippen LogP contribution in [-0.2, 0) is 0 Å². The SMILES string of the molecule is c1ccc(Nc2cccc[nH+]2)nc1. The number of aromatic nitrogens is 2. The van der Waals surface area contributed by atoms with Crippen LogP contribution < -0.4 is 10.3 Å². The number of aromatic amines is 1. The molecule has 2 N–H and O–H groups in total. The average Bonchev–Trinajstić information content (AvgIpc) is 2.21. The first kappa shape index (κ1) is 7.73. The van der Waals surface area contributed by atoms with Gasteiger partial charge in [0.05, 0.1) is 6.20 Å². The first-order valence-electron chi connectivity index (χ1n) is 4.10. The molecule has 2 aromatic rings. The Morgan fingerprint density at radius 2 is 2.00 bits per heavy atom. The largest absolute Gasteiger partial charge is 0.278 e. The van der Waals surface area contributed by atoms with E-state index in [9.17, 15) is 0 Å². The summed E-state index contributed by atoms with van der Waals surface area (Å²) in [6, 6.07) is 11.6. The van der Waals surface area contributed by atoms with Gasteiger partial charge < -0.3 is 0 Å². The van der Waals surface area contributed by atoms with Crippen molar-refractivity contribution in [1.29, 1.82) is 0 Å². The maximum atomic E-state index is 4.14. The summed E-state index contributed by atoms with van der Waals surface area (Å²) < 4.78 is 0. The van der Waals surface area contributed by atoms with Crippen molar-refractivity contribution >= 4 is 11.6 Å². The van der Waals surface area contributed by atoms with E-state index in [2.05, 4.69) is 15.3 Å². The topological polar surface area (TPSA) is 39.1 Å². The van der Waals surface area contributed by atoms with E-state index in [1.165, 1.54) is 0 Å². The third kappa shape index (κ3) is 2.02. The molecule has 0 fully saturated rings. The summed E-state index contributed by atoms with van der Waals surface area (Å²) in [5, 5.41) is 3.14. The van der Waals surface area contributed by atoms with Gasteiger partial charge in [-0.1, -0.05) is 12.1 Å². The van der Waals surface area contributed by atoms with Gasteiger partial charge in [-0.25, -0.2) is 15.3 Å². The normalized spacial score (nSPS) is 9.54. The minimum atomic E-state index is 0.838. The van der Waals surface area contributed by atoms with E-state index in [4.69, 9.17) is 0 Å². The fourth-order valence-electron chi connectivity index (χ4n) is 1.05. The number of nitrogens with zero attached hydrogens (tertiary/aromatic N) is 1. The van der Waals surface area contributed by atoms with Crippen LogP contribution in [0.2, 0.25) is 0 Å². The van der Waals surface area contributed by atoms with Gasteiger partial charge >= 0.3 is 0 Å². The van der Waals surface area contributed by atoms with Gasteiger partial charge in [-0.2, -0.15) is 0 Å². The highest BCUT2D eigenvalue weighted by Gasteiger charge is 2.00. The summed E-state index contributed by atoms with van der Waals surface area (Å²) in [6.45, 7) is 0. The minimum absolute atomic E-state index is 0.838. The molecule has 3 heteroatoms. The van der Waals surface area contributed by atoms with Crippen LogP contribution in [0.4, 0.5) is 11.6 Å². The summed E-state index contributed by atoms with van der Waals surface area (Å²) in [6.07, 6.45) is 3.62. The summed E-state index contributed by atoms with van der Waals surface area (Å²) >= 11 is 0. The molecule has 0 saturated carbocycles. The number of rotatable bonds is 2. The fraction of sp³-hybridized carbons (Fsp3) is 0. The van der Waals surface area contributed by atoms with E-state index < -0.39 is 0 Å². The van der Waals surface area contributed by atoms with Crippen molar-refractivity contribution in [1.82, 2.24) is 4.98 Å². The predicted molar refractivity (Wildman–Crippen MR) is 50.5 cm³/mol. The molecule has 0 atom stereocenters. The third-order valence-corrected chi connectivity index (χ3v) is 1.64. The van der Waals surface area contributed by atoms with E-state index in [0.29, 0.717) is 0 Å². The average molecular weight is 172 g/mol. The van der Waals surface area contributed by atoms with E-state index in [0.717, 1.165) is 11.6 Å². The zero-order valence-electron chi connectivity index (χ0n) is 7.07. The molecular weight excluding hydrogens is 162 g/mol. The van der Waals surface area contributed by atoms with E-state index >= 15 is 0 Å². The number of hydrogen-bond acceptors (Lipinski definition) is 2. The van der Waals surface area contributed by atoms with Gasteiger partial charge in [0.15, 0.2) is 0 Å². The first-order chi connectivity index (χ1) is 6.45. The Hall–Kier alpha value is -1.90. The molecule has 13 heavy (non-hydrogen) atoms. The lowest BCUT2D eigenvalue weighted by atomic mass is 10.4. The predicted octanol–water partition coefficient (Wildman–Crippen LogP) is 1.64. The van der Waals surface area contributed by atoms with Crippen LogP contribution in [0.3, 0.4) is 0 Å². The lowest BCUT2D eigenvalue weighted by Crippen LogP contribution is -2.08. The Bertz CT molecular complexity index is 321. The molecule has 0 radical (unpaired) electrons. The molecule has 2 rings (SSSR count). The molecule has 2 aromatic heterocycles. The van der Waals surface area contributed by atoms with Crippen molar-refractivity contribution < 1.29 is 4.98 Å². The molecule has 0 aliphatic heterocycles. The molecule has 0 saturated heterocycles. The lowest BCUT2D eigenvalue weighted by molar-refractivity contribution is -0.360. The van der Waals surface area contributed by atoms with Crippen LogP contribution in [0.1, 0.15) is 0 Å². The Morgan fingerprint density at radius 1 is 1.08 bits per heavy atom. The molecule has 0 amide bonds. The molecule has 3 nitrogen and oxygen atoms in total. The maximum Gasteiger partial charge on any atom is 0.278 e. The second kappa shape index (κ2) is 3.67. The lowest BCUT2D eigenvalue weighted by Gasteiger charge is -1.94. The molecule has 64 valence electrons. The highest BCUT2D eigenvalue weighted by atomic mass is 15.0. The number of nitrogens with one attached hydrogen (secondary N) is 2. The van der Waals surface area contributed by atoms with Gasteiger partial charge in [0.25, 0.3) is 5.82 Å². The molecule has 0 aliphatic carbocycles. The molecule has 0 bridgehead atoms. The summed E-state index contributed by atoms with van der Waals surface area (Å²) in [4.78, 5) is 7.21. The molecule has 0 spiro atoms. The van der Waals surface area contributed by atoms with Crippen LogP contribution in [-0.4, -0.2) is 4.98 Å². The van der Waals surface area contributed by atoms with Crippen LogP contribution in [0.15, 0.2) is 48.8 Å². The smallest absolute Gasteiger partial charge is 0.247 e. The standard InChI is InChI=1S/C10H9N3/c1-3-7-11-9(5-1)13-10-6-2-4-8-12-10/h1-8H,(H,11,12,13)/p+1. The van der Waals surface area contributed by atoms with Crippen LogP contribution >= 0.6 is 0 Å². The van der Waals surface area contributed by atoms with Gasteiger partial charge in [0.2, 0.25) is 5.82 Å². The van der Waals surface area contributed by atoms with E-state index in [1.54, 1.807) is 6.20 Å². The van der Waals surface area contributed by atoms with Crippen molar-refractivity contribution in [2.24, 2.45) is 0 Å². The summed E-state index contributed by atoms with van der Waals surface area (Å²) in [5.74, 6) is 1.77. The fourth-order valence-corrected chi connectivity index (χ4v) is 1.05. The third-order valence-electron chi connectivity index (χ3n) is 1.64. The quantitative estimate of drug-likeness (QED) is 0.747. The van der Waals surface area contributed by atoms with Crippen molar-refractivity contribution in [2.75, 3.05) is 5.32 Å². The second-order valence-electron chi connectivity index (χ2n) is 2.62. The van der Waals surface area contributed by atoms with Gasteiger partial charge in [0.1, 0.15) is 0 Å². The minimum Gasteiger partial charge on any atom is -0.247 e. The highest BCUT2D eigenvalue weighted by molar-refractivity contribution is 5.47. The highest BCUT2D eigenvalue weighted by Crippen LogP contribution is 2.06. The van der Waals surface area contributed by atoms with E-state index in [1.807, 2.05) is 42.6 Å². The zero-order valence-corrected chi connectivity index (χ0v) is 7.07. The van der Waals surface area contributed by atoms with Gasteiger partial charge in [-0.3, -0.25) is 0 Å². The number of hydrogen-bond donors (Lipinski definition) is 1. The zero-order chi connectivity index (χ0) is 8.93. The number of H-pyrrole nitrogens is 1. The molecule has 2 heterocycles. The molecule has 0 aliphatic rings. The van der Waals surface area contributed by atoms with Crippen LogP contribution in [0.25, 0.3) is 0 Å². The summed E-state index contributed by atoms with van der Waals surface area (Å²) in [5.41, 5.74) is 0. The van der Waals surface area contributed by atoms with Crippen molar-refractivity contribution in [3.63, 3.8) is 0 Å². The van der Waals surface area contributed by atoms with E-state index in [-0.39, 0.29) is 0 Å². The second-order valence-corrected chi connectivity index (χ2v) is 2.62. The summed E-state index contributed by atoms with van der Waals surface area (Å²) in [7, 11) is 0. The van der Waals surface area contributed by atoms with Crippen LogP contribution in [0, 0.1) is 0 Å². The van der Waals surface area contributed by atoms with Gasteiger partial charge in [-0.05, 0) is 12.1 Å². The Morgan fingerprint density at radius 3 is 2.69 bits per heavy atom. The van der Waals surface area contributed by atoms with Crippen molar-refractivity contribution in [3.05, 3.63) is 48.8 Å². The first-order valence-corrected chi connectivity index (χ1v) is 4.10. The molecule has 0 unspecified atom stereocenters. The van der Waals surface area contributed by atoms with Gasteiger partial charge in [0, 0.05) is 18.3 Å². The van der Waals surface area contributed by atoms with Crippen molar-refractivity contribution in [2.45, 2.75) is 0 Å². The monoisotopic (exact) mass is 172 g/mol. The Labute approximate surface area is 76.5 Å². The van der Waals surface area contributed by atoms with Gasteiger partial charge in [-0.15, -0.1) is 0 Å². The maximum absolute atomic E-state index is 4.14. The molecular formula is C10H10N3+. The Balaban J connectivity index is 2.16. The van der Waals surface area contributed by atoms with Crippen LogP contribution in [0.5, 0.6) is 0 Å². The van der Waals surface area contributed by atoms with Crippen molar-refractivity contribution in [3.8, 4) is 0 Å². The number of anilines is 2. The number of pyridine rings is 2. The molecule has 0 aromatic carbocycles.